The third-order valence-electron chi connectivity index (χ3n) is 5.19. The van der Waals surface area contributed by atoms with Gasteiger partial charge in [0.05, 0.1) is 12.5 Å². The summed E-state index contributed by atoms with van der Waals surface area (Å²) in [6.45, 7) is 3.12. The van der Waals surface area contributed by atoms with Crippen molar-refractivity contribution in [1.82, 2.24) is 10.2 Å². The van der Waals surface area contributed by atoms with Crippen LogP contribution in [0.5, 0.6) is 5.75 Å². The SMILES string of the molecule is COc1cccc(CNC(=O)C2(C)CCCN(C(=O)Nc3cccc(F)c3)C2)c1. The second-order valence-corrected chi connectivity index (χ2v) is 7.56. The zero-order chi connectivity index (χ0) is 20.9. The van der Waals surface area contributed by atoms with Crippen molar-refractivity contribution in [3.63, 3.8) is 0 Å². The van der Waals surface area contributed by atoms with Gasteiger partial charge in [-0.25, -0.2) is 9.18 Å². The van der Waals surface area contributed by atoms with Gasteiger partial charge in [0.2, 0.25) is 5.91 Å². The van der Waals surface area contributed by atoms with Gasteiger partial charge in [0.1, 0.15) is 11.6 Å². The Labute approximate surface area is 170 Å². The van der Waals surface area contributed by atoms with Crippen LogP contribution in [0.25, 0.3) is 0 Å². The molecule has 2 aromatic carbocycles. The van der Waals surface area contributed by atoms with Crippen LogP contribution in [0.3, 0.4) is 0 Å². The van der Waals surface area contributed by atoms with E-state index in [-0.39, 0.29) is 11.9 Å². The van der Waals surface area contributed by atoms with E-state index < -0.39 is 11.2 Å². The van der Waals surface area contributed by atoms with E-state index in [2.05, 4.69) is 10.6 Å². The molecule has 0 aliphatic carbocycles. The third kappa shape index (κ3) is 5.25. The maximum absolute atomic E-state index is 13.3. The molecule has 0 bridgehead atoms. The predicted octanol–water partition coefficient (Wildman–Crippen LogP) is 3.78. The molecule has 2 aromatic rings. The number of hydrogen-bond acceptors (Lipinski definition) is 3. The van der Waals surface area contributed by atoms with Crippen molar-refractivity contribution in [2.75, 3.05) is 25.5 Å². The zero-order valence-corrected chi connectivity index (χ0v) is 16.7. The summed E-state index contributed by atoms with van der Waals surface area (Å²) in [5.74, 6) is 0.229. The fourth-order valence-electron chi connectivity index (χ4n) is 3.55. The molecule has 1 saturated heterocycles. The van der Waals surface area contributed by atoms with Gasteiger partial charge in [-0.2, -0.15) is 0 Å². The average molecular weight is 399 g/mol. The first kappa shape index (κ1) is 20.6. The fraction of sp³-hybridized carbons (Fsp3) is 0.364. The monoisotopic (exact) mass is 399 g/mol. The third-order valence-corrected chi connectivity index (χ3v) is 5.19. The molecular formula is C22H26FN3O3. The smallest absolute Gasteiger partial charge is 0.321 e. The lowest BCUT2D eigenvalue weighted by atomic mass is 9.81. The van der Waals surface area contributed by atoms with Gasteiger partial charge in [-0.15, -0.1) is 0 Å². The number of likely N-dealkylation sites (tertiary alicyclic amines) is 1. The molecule has 0 spiro atoms. The van der Waals surface area contributed by atoms with Crippen molar-refractivity contribution < 1.29 is 18.7 Å². The van der Waals surface area contributed by atoms with Crippen LogP contribution in [-0.4, -0.2) is 37.0 Å². The maximum Gasteiger partial charge on any atom is 0.321 e. The van der Waals surface area contributed by atoms with Gasteiger partial charge >= 0.3 is 6.03 Å². The summed E-state index contributed by atoms with van der Waals surface area (Å²) in [5.41, 5.74) is 0.652. The number of hydrogen-bond donors (Lipinski definition) is 2. The molecule has 3 rings (SSSR count). The number of halogens is 1. The van der Waals surface area contributed by atoms with Crippen LogP contribution in [0.4, 0.5) is 14.9 Å². The minimum atomic E-state index is -0.684. The summed E-state index contributed by atoms with van der Waals surface area (Å²) in [4.78, 5) is 27.1. The summed E-state index contributed by atoms with van der Waals surface area (Å²) in [5, 5.41) is 5.68. The van der Waals surface area contributed by atoms with E-state index in [0.717, 1.165) is 17.7 Å². The number of carbonyl (C=O) groups excluding carboxylic acids is 2. The number of nitrogens with one attached hydrogen (secondary N) is 2. The molecule has 1 heterocycles. The molecule has 1 aliphatic heterocycles. The van der Waals surface area contributed by atoms with Gasteiger partial charge in [-0.1, -0.05) is 18.2 Å². The summed E-state index contributed by atoms with van der Waals surface area (Å²) in [6.07, 6.45) is 1.42. The van der Waals surface area contributed by atoms with Gasteiger partial charge in [-0.05, 0) is 55.7 Å². The Hall–Kier alpha value is -3.09. The molecule has 154 valence electrons. The van der Waals surface area contributed by atoms with Gasteiger partial charge in [0, 0.05) is 25.3 Å². The molecule has 0 aromatic heterocycles. The van der Waals surface area contributed by atoms with Crippen molar-refractivity contribution >= 4 is 17.6 Å². The second kappa shape index (κ2) is 8.94. The van der Waals surface area contributed by atoms with Gasteiger partial charge in [0.15, 0.2) is 0 Å². The summed E-state index contributed by atoms with van der Waals surface area (Å²) in [6, 6.07) is 12.9. The van der Waals surface area contributed by atoms with Gasteiger partial charge < -0.3 is 20.3 Å². The molecule has 7 heteroatoms. The van der Waals surface area contributed by atoms with E-state index in [4.69, 9.17) is 4.74 Å². The molecule has 1 atom stereocenters. The lowest BCUT2D eigenvalue weighted by Crippen LogP contribution is -2.52. The fourth-order valence-corrected chi connectivity index (χ4v) is 3.55. The molecule has 0 saturated carbocycles. The largest absolute Gasteiger partial charge is 0.497 e. The summed E-state index contributed by atoms with van der Waals surface area (Å²) < 4.78 is 18.5. The number of urea groups is 1. The van der Waals surface area contributed by atoms with Crippen LogP contribution in [0.2, 0.25) is 0 Å². The topological polar surface area (TPSA) is 70.7 Å². The molecule has 1 unspecified atom stereocenters. The number of nitrogens with zero attached hydrogens (tertiary/aromatic N) is 1. The quantitative estimate of drug-likeness (QED) is 0.804. The number of benzene rings is 2. The van der Waals surface area contributed by atoms with E-state index >= 15 is 0 Å². The molecule has 29 heavy (non-hydrogen) atoms. The highest BCUT2D eigenvalue weighted by molar-refractivity contribution is 5.90. The highest BCUT2D eigenvalue weighted by atomic mass is 19.1. The normalized spacial score (nSPS) is 18.8. The molecule has 2 N–H and O–H groups in total. The summed E-state index contributed by atoms with van der Waals surface area (Å²) in [7, 11) is 1.60. The first-order chi connectivity index (χ1) is 13.9. The molecule has 1 fully saturated rings. The molecular weight excluding hydrogens is 373 g/mol. The van der Waals surface area contributed by atoms with E-state index in [9.17, 15) is 14.0 Å². The Morgan fingerprint density at radius 3 is 2.76 bits per heavy atom. The van der Waals surface area contributed by atoms with E-state index in [1.807, 2.05) is 31.2 Å². The zero-order valence-electron chi connectivity index (χ0n) is 16.7. The van der Waals surface area contributed by atoms with Crippen molar-refractivity contribution in [2.24, 2.45) is 5.41 Å². The Kier molecular flexibility index (Phi) is 6.36. The first-order valence-corrected chi connectivity index (χ1v) is 9.62. The Bertz CT molecular complexity index is 889. The first-order valence-electron chi connectivity index (χ1n) is 9.62. The van der Waals surface area contributed by atoms with Crippen LogP contribution in [0.15, 0.2) is 48.5 Å². The lowest BCUT2D eigenvalue weighted by Gasteiger charge is -2.39. The number of methoxy groups -OCH3 is 1. The van der Waals surface area contributed by atoms with Gasteiger partial charge in [0.25, 0.3) is 0 Å². The van der Waals surface area contributed by atoms with Crippen LogP contribution >= 0.6 is 0 Å². The number of rotatable bonds is 5. The minimum Gasteiger partial charge on any atom is -0.497 e. The number of piperidine rings is 1. The van der Waals surface area contributed by atoms with E-state index in [1.165, 1.54) is 18.2 Å². The van der Waals surface area contributed by atoms with Crippen molar-refractivity contribution in [1.29, 1.82) is 0 Å². The van der Waals surface area contributed by atoms with Crippen molar-refractivity contribution in [3.05, 3.63) is 59.9 Å². The molecule has 3 amide bonds. The highest BCUT2D eigenvalue weighted by Crippen LogP contribution is 2.30. The van der Waals surface area contributed by atoms with Crippen molar-refractivity contribution in [2.45, 2.75) is 26.3 Å². The Balaban J connectivity index is 1.59. The summed E-state index contributed by atoms with van der Waals surface area (Å²) >= 11 is 0. The number of amides is 3. The Morgan fingerprint density at radius 1 is 1.21 bits per heavy atom. The van der Waals surface area contributed by atoms with Crippen LogP contribution in [-0.2, 0) is 11.3 Å². The lowest BCUT2D eigenvalue weighted by molar-refractivity contribution is -0.132. The van der Waals surface area contributed by atoms with Gasteiger partial charge in [-0.3, -0.25) is 4.79 Å². The number of anilines is 1. The molecule has 6 nitrogen and oxygen atoms in total. The molecule has 0 radical (unpaired) electrons. The van der Waals surface area contributed by atoms with E-state index in [1.54, 1.807) is 18.1 Å². The predicted molar refractivity (Wildman–Crippen MR) is 109 cm³/mol. The number of ether oxygens (including phenoxy) is 1. The van der Waals surface area contributed by atoms with E-state index in [0.29, 0.717) is 31.7 Å². The standard InChI is InChI=1S/C22H26FN3O3/c1-22(20(27)24-14-16-6-3-9-19(12-16)29-2)10-5-11-26(15-22)21(28)25-18-8-4-7-17(23)13-18/h3-4,6-9,12-13H,5,10-11,14-15H2,1-2H3,(H,24,27)(H,25,28). The minimum absolute atomic E-state index is 0.0939. The second-order valence-electron chi connectivity index (χ2n) is 7.56. The maximum atomic E-state index is 13.3. The Morgan fingerprint density at radius 2 is 2.00 bits per heavy atom. The number of carbonyl (C=O) groups is 2. The van der Waals surface area contributed by atoms with Crippen LogP contribution in [0, 0.1) is 11.2 Å². The average Bonchev–Trinajstić information content (AvgIpc) is 2.72. The van der Waals surface area contributed by atoms with Crippen molar-refractivity contribution in [3.8, 4) is 5.75 Å². The van der Waals surface area contributed by atoms with Crippen LogP contribution < -0.4 is 15.4 Å². The molecule has 1 aliphatic rings. The van der Waals surface area contributed by atoms with Crippen LogP contribution in [0.1, 0.15) is 25.3 Å². The highest BCUT2D eigenvalue weighted by Gasteiger charge is 2.39.